The molecular formula is C27H45N3O4. The predicted molar refractivity (Wildman–Crippen MR) is 136 cm³/mol. The third-order valence-corrected chi connectivity index (χ3v) is 5.56. The molecule has 7 heteroatoms. The Bertz CT molecular complexity index is 796. The summed E-state index contributed by atoms with van der Waals surface area (Å²) >= 11 is 0. The molecule has 0 saturated carbocycles. The van der Waals surface area contributed by atoms with Crippen molar-refractivity contribution >= 4 is 17.9 Å². The minimum Gasteiger partial charge on any atom is -0.444 e. The Morgan fingerprint density at radius 3 is 2.06 bits per heavy atom. The SMILES string of the molecule is CCCCNC(=O)C(c1ccccc1)N(C(=O)C(NC(=O)OC(C)(C)C)C(C)CC)C(C)(C)C. The van der Waals surface area contributed by atoms with Crippen molar-refractivity contribution in [3.63, 3.8) is 0 Å². The maximum absolute atomic E-state index is 14.1. The van der Waals surface area contributed by atoms with Gasteiger partial charge in [0.2, 0.25) is 11.8 Å². The molecule has 34 heavy (non-hydrogen) atoms. The zero-order chi connectivity index (χ0) is 26.1. The van der Waals surface area contributed by atoms with Crippen LogP contribution in [0.4, 0.5) is 4.79 Å². The van der Waals surface area contributed by atoms with Gasteiger partial charge in [0, 0.05) is 12.1 Å². The molecule has 3 unspecified atom stereocenters. The van der Waals surface area contributed by atoms with E-state index in [-0.39, 0.29) is 17.7 Å². The van der Waals surface area contributed by atoms with Crippen molar-refractivity contribution in [1.29, 1.82) is 0 Å². The molecule has 0 bridgehead atoms. The number of nitrogens with one attached hydrogen (secondary N) is 2. The minimum atomic E-state index is -0.839. The van der Waals surface area contributed by atoms with E-state index in [1.807, 2.05) is 65.0 Å². The van der Waals surface area contributed by atoms with Gasteiger partial charge in [-0.05, 0) is 59.4 Å². The van der Waals surface area contributed by atoms with Gasteiger partial charge in [-0.3, -0.25) is 9.59 Å². The van der Waals surface area contributed by atoms with Gasteiger partial charge in [0.05, 0.1) is 0 Å². The molecule has 192 valence electrons. The first kappa shape index (κ1) is 29.5. The Hall–Kier alpha value is -2.57. The lowest BCUT2D eigenvalue weighted by molar-refractivity contribution is -0.149. The molecule has 1 rings (SSSR count). The van der Waals surface area contributed by atoms with E-state index < -0.39 is 29.3 Å². The Kier molecular flexibility index (Phi) is 11.1. The van der Waals surface area contributed by atoms with Crippen LogP contribution in [0.2, 0.25) is 0 Å². The Balaban J connectivity index is 3.47. The van der Waals surface area contributed by atoms with Gasteiger partial charge in [0.15, 0.2) is 0 Å². The van der Waals surface area contributed by atoms with Gasteiger partial charge in [0.1, 0.15) is 17.7 Å². The fourth-order valence-corrected chi connectivity index (χ4v) is 3.65. The van der Waals surface area contributed by atoms with Crippen molar-refractivity contribution in [3.8, 4) is 0 Å². The first-order valence-electron chi connectivity index (χ1n) is 12.4. The summed E-state index contributed by atoms with van der Waals surface area (Å²) in [5.74, 6) is -0.709. The Labute approximate surface area is 206 Å². The molecular weight excluding hydrogens is 430 g/mol. The smallest absolute Gasteiger partial charge is 0.408 e. The largest absolute Gasteiger partial charge is 0.444 e. The van der Waals surface area contributed by atoms with Crippen molar-refractivity contribution in [1.82, 2.24) is 15.5 Å². The summed E-state index contributed by atoms with van der Waals surface area (Å²) in [5.41, 5.74) is -0.663. The van der Waals surface area contributed by atoms with Crippen molar-refractivity contribution in [3.05, 3.63) is 35.9 Å². The van der Waals surface area contributed by atoms with Crippen molar-refractivity contribution in [2.75, 3.05) is 6.54 Å². The molecule has 1 aromatic rings. The number of hydrogen-bond donors (Lipinski definition) is 2. The second-order valence-electron chi connectivity index (χ2n) is 10.8. The van der Waals surface area contributed by atoms with Crippen molar-refractivity contribution in [2.24, 2.45) is 5.92 Å². The molecule has 7 nitrogen and oxygen atoms in total. The summed E-state index contributed by atoms with van der Waals surface area (Å²) in [7, 11) is 0. The molecule has 0 aliphatic carbocycles. The zero-order valence-electron chi connectivity index (χ0n) is 22.5. The number of hydrogen-bond acceptors (Lipinski definition) is 4. The van der Waals surface area contributed by atoms with Gasteiger partial charge >= 0.3 is 6.09 Å². The summed E-state index contributed by atoms with van der Waals surface area (Å²) in [5, 5.41) is 5.79. The van der Waals surface area contributed by atoms with E-state index in [4.69, 9.17) is 4.74 Å². The van der Waals surface area contributed by atoms with Gasteiger partial charge in [0.25, 0.3) is 0 Å². The molecule has 0 heterocycles. The van der Waals surface area contributed by atoms with Crippen LogP contribution >= 0.6 is 0 Å². The zero-order valence-corrected chi connectivity index (χ0v) is 22.5. The summed E-state index contributed by atoms with van der Waals surface area (Å²) < 4.78 is 5.44. The maximum atomic E-state index is 14.1. The lowest BCUT2D eigenvalue weighted by Gasteiger charge is -2.43. The molecule has 1 aromatic carbocycles. The molecule has 0 aliphatic rings. The van der Waals surface area contributed by atoms with Crippen LogP contribution in [0, 0.1) is 5.92 Å². The van der Waals surface area contributed by atoms with Crippen LogP contribution < -0.4 is 10.6 Å². The molecule has 3 amide bonds. The number of nitrogens with zero attached hydrogens (tertiary/aromatic N) is 1. The predicted octanol–water partition coefficient (Wildman–Crippen LogP) is 5.21. The highest BCUT2D eigenvalue weighted by Crippen LogP contribution is 2.31. The number of carbonyl (C=O) groups is 3. The van der Waals surface area contributed by atoms with Gasteiger partial charge in [-0.15, -0.1) is 0 Å². The van der Waals surface area contributed by atoms with E-state index in [0.29, 0.717) is 13.0 Å². The third-order valence-electron chi connectivity index (χ3n) is 5.56. The highest BCUT2D eigenvalue weighted by atomic mass is 16.6. The van der Waals surface area contributed by atoms with Crippen LogP contribution in [-0.4, -0.2) is 46.5 Å². The van der Waals surface area contributed by atoms with Crippen LogP contribution in [0.3, 0.4) is 0 Å². The fraction of sp³-hybridized carbons (Fsp3) is 0.667. The average Bonchev–Trinajstić information content (AvgIpc) is 2.73. The first-order valence-corrected chi connectivity index (χ1v) is 12.4. The summed E-state index contributed by atoms with van der Waals surface area (Å²) in [4.78, 5) is 41.8. The van der Waals surface area contributed by atoms with Crippen LogP contribution in [0.1, 0.15) is 93.2 Å². The van der Waals surface area contributed by atoms with E-state index in [1.54, 1.807) is 25.7 Å². The van der Waals surface area contributed by atoms with Crippen LogP contribution in [-0.2, 0) is 14.3 Å². The molecule has 0 radical (unpaired) electrons. The Morgan fingerprint density at radius 2 is 1.59 bits per heavy atom. The van der Waals surface area contributed by atoms with Crippen molar-refractivity contribution < 1.29 is 19.1 Å². The molecule has 2 N–H and O–H groups in total. The highest BCUT2D eigenvalue weighted by Gasteiger charge is 2.42. The van der Waals surface area contributed by atoms with E-state index in [1.165, 1.54) is 0 Å². The Morgan fingerprint density at radius 1 is 1.00 bits per heavy atom. The quantitative estimate of drug-likeness (QED) is 0.455. The molecule has 0 saturated heterocycles. The van der Waals surface area contributed by atoms with E-state index in [9.17, 15) is 14.4 Å². The fourth-order valence-electron chi connectivity index (χ4n) is 3.65. The van der Waals surface area contributed by atoms with Crippen molar-refractivity contribution in [2.45, 2.75) is 105 Å². The molecule has 0 spiro atoms. The van der Waals surface area contributed by atoms with E-state index in [2.05, 4.69) is 17.6 Å². The highest BCUT2D eigenvalue weighted by molar-refractivity contribution is 5.92. The van der Waals surface area contributed by atoms with E-state index >= 15 is 0 Å². The summed E-state index contributed by atoms with van der Waals surface area (Å²) in [6.45, 7) is 17.5. The number of ether oxygens (including phenoxy) is 1. The second kappa shape index (κ2) is 12.8. The topological polar surface area (TPSA) is 87.7 Å². The number of amides is 3. The van der Waals surface area contributed by atoms with Crippen LogP contribution in [0.25, 0.3) is 0 Å². The number of carbonyl (C=O) groups excluding carboxylic acids is 3. The van der Waals surface area contributed by atoms with Crippen LogP contribution in [0.5, 0.6) is 0 Å². The second-order valence-corrected chi connectivity index (χ2v) is 10.8. The molecule has 0 aliphatic heterocycles. The van der Waals surface area contributed by atoms with E-state index in [0.717, 1.165) is 18.4 Å². The first-order chi connectivity index (χ1) is 15.7. The lowest BCUT2D eigenvalue weighted by Crippen LogP contribution is -2.60. The third kappa shape index (κ3) is 8.99. The molecule has 0 aromatic heterocycles. The standard InChI is InChI=1S/C27H45N3O4/c1-10-12-18-28-23(31)22(20-16-14-13-15-17-20)30(26(4,5)6)24(32)21(19(3)11-2)29-25(33)34-27(7,8)9/h13-17,19,21-22H,10-12,18H2,1-9H3,(H,28,31)(H,29,33). The number of unbranched alkanes of at least 4 members (excludes halogenated alkanes) is 1. The molecule has 0 fully saturated rings. The molecule has 3 atom stereocenters. The van der Waals surface area contributed by atoms with Gasteiger partial charge in [-0.1, -0.05) is 63.9 Å². The maximum Gasteiger partial charge on any atom is 0.408 e. The number of alkyl carbamates (subject to hydrolysis) is 1. The van der Waals surface area contributed by atoms with Crippen LogP contribution in [0.15, 0.2) is 30.3 Å². The monoisotopic (exact) mass is 475 g/mol. The minimum absolute atomic E-state index is 0.163. The van der Waals surface area contributed by atoms with Gasteiger partial charge in [-0.25, -0.2) is 4.79 Å². The average molecular weight is 476 g/mol. The summed E-state index contributed by atoms with van der Waals surface area (Å²) in [6.07, 6.45) is 1.83. The number of rotatable bonds is 10. The summed E-state index contributed by atoms with van der Waals surface area (Å²) in [6, 6.07) is 7.64. The lowest BCUT2D eigenvalue weighted by atomic mass is 9.91. The normalized spacial score (nSPS) is 14.5. The van der Waals surface area contributed by atoms with Gasteiger partial charge in [-0.2, -0.15) is 0 Å². The van der Waals surface area contributed by atoms with Gasteiger partial charge < -0.3 is 20.3 Å². The number of benzene rings is 1.